The predicted molar refractivity (Wildman–Crippen MR) is 145 cm³/mol. The van der Waals surface area contributed by atoms with Crippen molar-refractivity contribution in [1.82, 2.24) is 4.90 Å². The Kier molecular flexibility index (Phi) is 7.34. The summed E-state index contributed by atoms with van der Waals surface area (Å²) in [5.74, 6) is 0.0754. The molecule has 2 aromatic carbocycles. The van der Waals surface area contributed by atoms with Crippen LogP contribution in [0, 0.1) is 23.7 Å². The Morgan fingerprint density at radius 2 is 1.78 bits per heavy atom. The first-order valence-corrected chi connectivity index (χ1v) is 13.6. The Labute approximate surface area is 219 Å². The number of carbonyl (C=O) groups excluding carboxylic acids is 2. The van der Waals surface area contributed by atoms with Crippen molar-refractivity contribution in [2.24, 2.45) is 23.7 Å². The molecule has 5 heteroatoms. The van der Waals surface area contributed by atoms with Gasteiger partial charge in [-0.3, -0.25) is 14.5 Å². The highest BCUT2D eigenvalue weighted by Gasteiger charge is 2.56. The van der Waals surface area contributed by atoms with E-state index in [0.717, 1.165) is 24.8 Å². The molecule has 0 bridgehead atoms. The number of hydrogen-bond acceptors (Lipinski definition) is 4. The van der Waals surface area contributed by atoms with Crippen molar-refractivity contribution in [1.29, 1.82) is 0 Å². The van der Waals surface area contributed by atoms with Crippen molar-refractivity contribution >= 4 is 23.5 Å². The van der Waals surface area contributed by atoms with Gasteiger partial charge in [0.05, 0.1) is 24.5 Å². The number of ether oxygens (including phenoxy) is 1. The number of nitrogens with zero attached hydrogens (tertiary/aromatic N) is 1. The molecule has 3 aliphatic rings. The fraction of sp³-hybridized carbons (Fsp3) is 0.438. The van der Waals surface area contributed by atoms with E-state index in [2.05, 4.69) is 32.1 Å². The van der Waals surface area contributed by atoms with Crippen molar-refractivity contribution in [2.75, 3.05) is 13.2 Å². The van der Waals surface area contributed by atoms with Gasteiger partial charge in [-0.25, -0.2) is 0 Å². The van der Waals surface area contributed by atoms with Gasteiger partial charge in [-0.2, -0.15) is 0 Å². The van der Waals surface area contributed by atoms with Crippen LogP contribution >= 0.6 is 0 Å². The standard InChI is InChI=1S/C32H37NO4/c1-4-16-33-31(35)26-18-25(20(2)3)29-27(30(26)32(33)36)19-37-28(29)15-12-23(22-8-6-5-7-9-22)17-21-10-13-24(34)14-11-21/h5-11,13-14,17,20,26-28,30,34H,4,12,15-16,18-19H2,1-3H3/b23-17-/t26-,27+,28-,30-/m1/s1. The van der Waals surface area contributed by atoms with Gasteiger partial charge in [-0.15, -0.1) is 0 Å². The lowest BCUT2D eigenvalue weighted by atomic mass is 9.67. The van der Waals surface area contributed by atoms with Gasteiger partial charge in [-0.1, -0.05) is 74.9 Å². The molecule has 5 rings (SSSR count). The first-order valence-electron chi connectivity index (χ1n) is 13.6. The molecule has 2 aromatic rings. The molecular weight excluding hydrogens is 462 g/mol. The molecule has 0 spiro atoms. The third-order valence-electron chi connectivity index (χ3n) is 8.23. The van der Waals surface area contributed by atoms with E-state index in [1.54, 1.807) is 12.1 Å². The summed E-state index contributed by atoms with van der Waals surface area (Å²) < 4.78 is 6.42. The number of hydrogen-bond donors (Lipinski definition) is 1. The number of amides is 2. The van der Waals surface area contributed by atoms with Gasteiger partial charge in [0.15, 0.2) is 0 Å². The molecule has 1 N–H and O–H groups in total. The van der Waals surface area contributed by atoms with Crippen LogP contribution in [0.5, 0.6) is 5.75 Å². The second-order valence-electron chi connectivity index (χ2n) is 10.9. The molecule has 37 heavy (non-hydrogen) atoms. The van der Waals surface area contributed by atoms with Gasteiger partial charge in [-0.05, 0) is 66.0 Å². The quantitative estimate of drug-likeness (QED) is 0.271. The van der Waals surface area contributed by atoms with Gasteiger partial charge in [0.2, 0.25) is 11.8 Å². The Morgan fingerprint density at radius 1 is 1.05 bits per heavy atom. The van der Waals surface area contributed by atoms with Crippen LogP contribution in [0.3, 0.4) is 0 Å². The largest absolute Gasteiger partial charge is 0.508 e. The molecule has 0 aromatic heterocycles. The summed E-state index contributed by atoms with van der Waals surface area (Å²) in [7, 11) is 0. The molecule has 2 heterocycles. The zero-order valence-electron chi connectivity index (χ0n) is 22.0. The topological polar surface area (TPSA) is 66.8 Å². The van der Waals surface area contributed by atoms with Crippen LogP contribution in [0.2, 0.25) is 0 Å². The predicted octanol–water partition coefficient (Wildman–Crippen LogP) is 6.10. The van der Waals surface area contributed by atoms with E-state index in [1.165, 1.54) is 27.2 Å². The number of rotatable bonds is 8. The number of phenolic OH excluding ortho intramolecular Hbond substituents is 1. The number of fused-ring (bicyclic) bond motifs is 3. The highest BCUT2D eigenvalue weighted by Crippen LogP contribution is 2.51. The lowest BCUT2D eigenvalue weighted by molar-refractivity contribution is -0.140. The number of carbonyl (C=O) groups is 2. The molecule has 0 saturated carbocycles. The van der Waals surface area contributed by atoms with E-state index >= 15 is 0 Å². The van der Waals surface area contributed by atoms with Crippen molar-refractivity contribution < 1.29 is 19.4 Å². The fourth-order valence-corrected chi connectivity index (χ4v) is 6.48. The van der Waals surface area contributed by atoms with E-state index < -0.39 is 0 Å². The van der Waals surface area contributed by atoms with Crippen molar-refractivity contribution in [2.45, 2.75) is 52.6 Å². The first-order chi connectivity index (χ1) is 17.9. The number of aromatic hydroxyl groups is 1. The van der Waals surface area contributed by atoms with Crippen LogP contribution in [-0.4, -0.2) is 41.1 Å². The van der Waals surface area contributed by atoms with E-state index in [-0.39, 0.29) is 41.4 Å². The summed E-state index contributed by atoms with van der Waals surface area (Å²) in [6.45, 7) is 7.42. The number of allylic oxidation sites excluding steroid dienone is 2. The van der Waals surface area contributed by atoms with Crippen molar-refractivity contribution in [3.63, 3.8) is 0 Å². The van der Waals surface area contributed by atoms with E-state index in [0.29, 0.717) is 25.5 Å². The summed E-state index contributed by atoms with van der Waals surface area (Å²) in [4.78, 5) is 28.0. The average molecular weight is 500 g/mol. The van der Waals surface area contributed by atoms with Gasteiger partial charge in [0.25, 0.3) is 0 Å². The summed E-state index contributed by atoms with van der Waals surface area (Å²) in [5, 5.41) is 9.69. The average Bonchev–Trinajstić information content (AvgIpc) is 3.42. The molecule has 0 radical (unpaired) electrons. The lowest BCUT2D eigenvalue weighted by Gasteiger charge is -2.33. The summed E-state index contributed by atoms with van der Waals surface area (Å²) >= 11 is 0. The number of imide groups is 1. The minimum absolute atomic E-state index is 0.000657. The molecule has 2 saturated heterocycles. The highest BCUT2D eigenvalue weighted by molar-refractivity contribution is 6.06. The van der Waals surface area contributed by atoms with Crippen LogP contribution < -0.4 is 0 Å². The van der Waals surface area contributed by atoms with Crippen LogP contribution in [0.4, 0.5) is 0 Å². The van der Waals surface area contributed by atoms with Gasteiger partial charge >= 0.3 is 0 Å². The van der Waals surface area contributed by atoms with Gasteiger partial charge < -0.3 is 9.84 Å². The van der Waals surface area contributed by atoms with E-state index in [9.17, 15) is 14.7 Å². The number of likely N-dealkylation sites (tertiary alicyclic amines) is 1. The minimum atomic E-state index is -0.275. The van der Waals surface area contributed by atoms with Gasteiger partial charge in [0.1, 0.15) is 5.75 Å². The number of benzene rings is 2. The summed E-state index contributed by atoms with van der Waals surface area (Å²) in [5.41, 5.74) is 6.01. The highest BCUT2D eigenvalue weighted by atomic mass is 16.5. The van der Waals surface area contributed by atoms with Crippen LogP contribution in [0.15, 0.2) is 65.7 Å². The monoisotopic (exact) mass is 499 g/mol. The normalized spacial score (nSPS) is 25.7. The van der Waals surface area contributed by atoms with E-state index in [1.807, 2.05) is 37.3 Å². The maximum atomic E-state index is 13.3. The SMILES string of the molecule is CCCN1C(=O)[C@@H]2[C@@H](CC(C(C)C)=C3[C@@H](CC/C(=C/c4ccc(O)cc4)c4ccccc4)OC[C@@H]32)C1=O. The number of phenols is 1. The Morgan fingerprint density at radius 3 is 2.46 bits per heavy atom. The molecule has 2 amide bonds. The maximum absolute atomic E-state index is 13.3. The van der Waals surface area contributed by atoms with Crippen molar-refractivity contribution in [3.05, 3.63) is 76.9 Å². The van der Waals surface area contributed by atoms with Gasteiger partial charge in [0, 0.05) is 12.5 Å². The molecule has 0 unspecified atom stereocenters. The third kappa shape index (κ3) is 4.89. The molecule has 4 atom stereocenters. The maximum Gasteiger partial charge on any atom is 0.233 e. The molecule has 5 nitrogen and oxygen atoms in total. The zero-order valence-corrected chi connectivity index (χ0v) is 22.0. The summed E-state index contributed by atoms with van der Waals surface area (Å²) in [6, 6.07) is 17.6. The Hall–Kier alpha value is -3.18. The molecular formula is C32H37NO4. The third-order valence-corrected chi connectivity index (χ3v) is 8.23. The minimum Gasteiger partial charge on any atom is -0.508 e. The van der Waals surface area contributed by atoms with Crippen LogP contribution in [0.1, 0.15) is 57.6 Å². The summed E-state index contributed by atoms with van der Waals surface area (Å²) in [6.07, 6.45) is 5.23. The molecule has 2 fully saturated rings. The Bertz CT molecular complexity index is 1210. The molecule has 194 valence electrons. The van der Waals surface area contributed by atoms with E-state index in [4.69, 9.17) is 4.74 Å². The van der Waals surface area contributed by atoms with Crippen molar-refractivity contribution in [3.8, 4) is 5.75 Å². The Balaban J connectivity index is 1.42. The zero-order chi connectivity index (χ0) is 26.1. The second-order valence-corrected chi connectivity index (χ2v) is 10.9. The van der Waals surface area contributed by atoms with Crippen LogP contribution in [0.25, 0.3) is 11.6 Å². The lowest BCUT2D eigenvalue weighted by Crippen LogP contribution is -2.35. The molecule has 1 aliphatic carbocycles. The molecule has 2 aliphatic heterocycles. The first kappa shape index (κ1) is 25.5. The van der Waals surface area contributed by atoms with Crippen LogP contribution in [-0.2, 0) is 14.3 Å². The fourth-order valence-electron chi connectivity index (χ4n) is 6.48. The smallest absolute Gasteiger partial charge is 0.233 e. The second kappa shape index (κ2) is 10.7.